The van der Waals surface area contributed by atoms with E-state index in [0.29, 0.717) is 18.5 Å². The Kier molecular flexibility index (Phi) is 3.13. The van der Waals surface area contributed by atoms with E-state index < -0.39 is 22.0 Å². The molecular formula is C19H23NO3. The molecule has 2 saturated carbocycles. The average molecular weight is 313 g/mol. The third kappa shape index (κ3) is 1.69. The Hall–Kier alpha value is -1.97. The van der Waals surface area contributed by atoms with Gasteiger partial charge >= 0.3 is 0 Å². The van der Waals surface area contributed by atoms with E-state index in [9.17, 15) is 14.4 Å². The molecule has 0 heterocycles. The molecule has 0 aliphatic heterocycles. The third-order valence-corrected chi connectivity index (χ3v) is 6.57. The van der Waals surface area contributed by atoms with Crippen LogP contribution >= 0.6 is 0 Å². The van der Waals surface area contributed by atoms with Gasteiger partial charge in [0.1, 0.15) is 5.41 Å². The van der Waals surface area contributed by atoms with E-state index >= 15 is 0 Å². The normalized spacial score (nSPS) is 31.5. The molecular weight excluding hydrogens is 290 g/mol. The summed E-state index contributed by atoms with van der Waals surface area (Å²) < 4.78 is 0. The zero-order valence-corrected chi connectivity index (χ0v) is 14.4. The Morgan fingerprint density at radius 2 is 1.70 bits per heavy atom. The minimum atomic E-state index is -1.24. The van der Waals surface area contributed by atoms with Gasteiger partial charge in [-0.3, -0.25) is 14.4 Å². The van der Waals surface area contributed by atoms with Crippen molar-refractivity contribution in [3.05, 3.63) is 29.3 Å². The molecule has 3 rings (SSSR count). The van der Waals surface area contributed by atoms with E-state index in [1.54, 1.807) is 0 Å². The predicted octanol–water partition coefficient (Wildman–Crippen LogP) is 3.21. The summed E-state index contributed by atoms with van der Waals surface area (Å²) in [6, 6.07) is 5.81. The number of nitrogens with one attached hydrogen (secondary N) is 1. The number of hydrogen-bond acceptors (Lipinski definition) is 3. The Balaban J connectivity index is 2.04. The maximum Gasteiger partial charge on any atom is 0.239 e. The number of amides is 1. The zero-order valence-electron chi connectivity index (χ0n) is 14.4. The summed E-state index contributed by atoms with van der Waals surface area (Å²) in [6.07, 6.45) is 1.03. The predicted molar refractivity (Wildman–Crippen MR) is 88.1 cm³/mol. The summed E-state index contributed by atoms with van der Waals surface area (Å²) in [4.78, 5) is 38.2. The van der Waals surface area contributed by atoms with Crippen LogP contribution in [-0.4, -0.2) is 17.5 Å². The van der Waals surface area contributed by atoms with Crippen molar-refractivity contribution in [3.8, 4) is 0 Å². The highest BCUT2D eigenvalue weighted by Gasteiger charge is 2.77. The van der Waals surface area contributed by atoms with Crippen LogP contribution in [0.25, 0.3) is 0 Å². The first kappa shape index (κ1) is 15.9. The van der Waals surface area contributed by atoms with Gasteiger partial charge in [0.15, 0.2) is 0 Å². The summed E-state index contributed by atoms with van der Waals surface area (Å²) >= 11 is 0. The summed E-state index contributed by atoms with van der Waals surface area (Å²) in [6.45, 7) is 9.45. The van der Waals surface area contributed by atoms with Crippen molar-refractivity contribution in [3.63, 3.8) is 0 Å². The van der Waals surface area contributed by atoms with Crippen LogP contribution in [-0.2, 0) is 14.4 Å². The van der Waals surface area contributed by atoms with Gasteiger partial charge in [0, 0.05) is 11.1 Å². The maximum atomic E-state index is 13.1. The third-order valence-electron chi connectivity index (χ3n) is 6.57. The van der Waals surface area contributed by atoms with Crippen LogP contribution in [0, 0.1) is 30.1 Å². The van der Waals surface area contributed by atoms with Crippen LogP contribution in [0.3, 0.4) is 0 Å². The first-order valence-corrected chi connectivity index (χ1v) is 8.06. The van der Waals surface area contributed by atoms with Gasteiger partial charge in [-0.15, -0.1) is 0 Å². The second-order valence-electron chi connectivity index (χ2n) is 7.79. The number of rotatable bonds is 2. The number of ketones is 2. The van der Waals surface area contributed by atoms with Crippen molar-refractivity contribution >= 4 is 23.2 Å². The molecule has 2 aliphatic rings. The number of anilines is 1. The molecule has 2 aliphatic carbocycles. The molecule has 1 aromatic rings. The van der Waals surface area contributed by atoms with Gasteiger partial charge in [-0.25, -0.2) is 0 Å². The monoisotopic (exact) mass is 313 g/mol. The molecule has 0 radical (unpaired) electrons. The number of fused-ring (bicyclic) bond motifs is 2. The van der Waals surface area contributed by atoms with Crippen molar-refractivity contribution in [2.45, 2.75) is 47.5 Å². The van der Waals surface area contributed by atoms with Gasteiger partial charge in [0.05, 0.1) is 0 Å². The molecule has 4 heteroatoms. The molecule has 122 valence electrons. The van der Waals surface area contributed by atoms with E-state index in [1.807, 2.05) is 52.8 Å². The minimum Gasteiger partial charge on any atom is -0.325 e. The number of aryl methyl sites for hydroxylation is 2. The van der Waals surface area contributed by atoms with Gasteiger partial charge in [0.2, 0.25) is 17.5 Å². The van der Waals surface area contributed by atoms with Crippen LogP contribution in [0.4, 0.5) is 5.69 Å². The average Bonchev–Trinajstić information content (AvgIpc) is 2.75. The van der Waals surface area contributed by atoms with Crippen molar-refractivity contribution < 1.29 is 14.4 Å². The van der Waals surface area contributed by atoms with Crippen molar-refractivity contribution in [1.82, 2.24) is 0 Å². The molecule has 2 fully saturated rings. The molecule has 0 spiro atoms. The number of carbonyl (C=O) groups is 3. The second kappa shape index (κ2) is 4.53. The highest BCUT2D eigenvalue weighted by atomic mass is 16.2. The molecule has 1 amide bonds. The Morgan fingerprint density at radius 3 is 2.26 bits per heavy atom. The van der Waals surface area contributed by atoms with Crippen molar-refractivity contribution in [1.29, 1.82) is 0 Å². The largest absolute Gasteiger partial charge is 0.325 e. The topological polar surface area (TPSA) is 63.2 Å². The number of benzene rings is 1. The van der Waals surface area contributed by atoms with Gasteiger partial charge in [0.25, 0.3) is 0 Å². The highest BCUT2D eigenvalue weighted by molar-refractivity contribution is 6.49. The summed E-state index contributed by atoms with van der Waals surface area (Å²) in [5.74, 6) is -1.24. The Bertz CT molecular complexity index is 749. The van der Waals surface area contributed by atoms with Crippen LogP contribution in [0.15, 0.2) is 18.2 Å². The van der Waals surface area contributed by atoms with Gasteiger partial charge < -0.3 is 5.32 Å². The molecule has 0 saturated heterocycles. The molecule has 0 unspecified atom stereocenters. The molecule has 0 aromatic heterocycles. The quantitative estimate of drug-likeness (QED) is 0.673. The fraction of sp³-hybridized carbons (Fsp3) is 0.526. The summed E-state index contributed by atoms with van der Waals surface area (Å²) in [5, 5.41) is 2.92. The van der Waals surface area contributed by atoms with E-state index in [1.165, 1.54) is 0 Å². The number of carbonyl (C=O) groups excluding carboxylic acids is 3. The molecule has 1 aromatic carbocycles. The van der Waals surface area contributed by atoms with Crippen LogP contribution in [0.1, 0.15) is 44.7 Å². The lowest BCUT2D eigenvalue weighted by atomic mass is 9.64. The van der Waals surface area contributed by atoms with Crippen LogP contribution in [0.2, 0.25) is 0 Å². The first-order valence-electron chi connectivity index (χ1n) is 8.06. The second-order valence-corrected chi connectivity index (χ2v) is 7.79. The lowest BCUT2D eigenvalue weighted by Crippen LogP contribution is -2.47. The van der Waals surface area contributed by atoms with E-state index in [2.05, 4.69) is 5.32 Å². The van der Waals surface area contributed by atoms with E-state index in [0.717, 1.165) is 11.1 Å². The van der Waals surface area contributed by atoms with Crippen LogP contribution < -0.4 is 5.32 Å². The SMILES string of the molecule is Cc1ccc(C)c(NC(=O)[C@@]23CC[C@](C)(C(=O)C2=O)C3(C)C)c1. The molecule has 4 nitrogen and oxygen atoms in total. The fourth-order valence-corrected chi connectivity index (χ4v) is 4.37. The highest BCUT2D eigenvalue weighted by Crippen LogP contribution is 2.69. The Morgan fingerprint density at radius 1 is 1.04 bits per heavy atom. The van der Waals surface area contributed by atoms with E-state index in [4.69, 9.17) is 0 Å². The van der Waals surface area contributed by atoms with Crippen molar-refractivity contribution in [2.24, 2.45) is 16.2 Å². The summed E-state index contributed by atoms with van der Waals surface area (Å²) in [5.41, 5.74) is 0.0398. The smallest absolute Gasteiger partial charge is 0.239 e. The number of Topliss-reactive ketones (excluding diaryl/α,β-unsaturated/α-hetero) is 2. The maximum absolute atomic E-state index is 13.1. The standard InChI is InChI=1S/C19H23NO3/c1-11-6-7-12(2)13(10-11)20-16(23)19-9-8-18(5,17(19,3)4)14(21)15(19)22/h6-7,10H,8-9H2,1-5H3,(H,20,23)/t18-,19-/m1/s1. The van der Waals surface area contributed by atoms with E-state index in [-0.39, 0.29) is 11.7 Å². The fourth-order valence-electron chi connectivity index (χ4n) is 4.37. The van der Waals surface area contributed by atoms with Crippen LogP contribution in [0.5, 0.6) is 0 Å². The van der Waals surface area contributed by atoms with Gasteiger partial charge in [-0.05, 0) is 49.3 Å². The Labute approximate surface area is 136 Å². The molecule has 23 heavy (non-hydrogen) atoms. The lowest BCUT2D eigenvalue weighted by molar-refractivity contribution is -0.147. The zero-order chi connectivity index (χ0) is 17.2. The lowest BCUT2D eigenvalue weighted by Gasteiger charge is -2.37. The summed E-state index contributed by atoms with van der Waals surface area (Å²) in [7, 11) is 0. The minimum absolute atomic E-state index is 0.337. The molecule has 2 bridgehead atoms. The number of hydrogen-bond donors (Lipinski definition) is 1. The van der Waals surface area contributed by atoms with Crippen molar-refractivity contribution in [2.75, 3.05) is 5.32 Å². The van der Waals surface area contributed by atoms with Gasteiger partial charge in [-0.1, -0.05) is 32.9 Å². The first-order chi connectivity index (χ1) is 10.6. The molecule has 2 atom stereocenters. The molecule has 1 N–H and O–H groups in total. The van der Waals surface area contributed by atoms with Gasteiger partial charge in [-0.2, -0.15) is 0 Å².